The van der Waals surface area contributed by atoms with Crippen LogP contribution >= 0.6 is 0 Å². The fourth-order valence-corrected chi connectivity index (χ4v) is 1.94. The fraction of sp³-hybridized carbons (Fsp3) is 0. The second kappa shape index (κ2) is 5.68. The van der Waals surface area contributed by atoms with Gasteiger partial charge in [-0.1, -0.05) is 0 Å². The Kier molecular flexibility index (Phi) is 3.98. The zero-order valence-corrected chi connectivity index (χ0v) is 10.3. The third kappa shape index (κ3) is 3.21. The molecule has 0 fully saturated rings. The van der Waals surface area contributed by atoms with E-state index in [9.17, 15) is 17.9 Å². The van der Waals surface area contributed by atoms with Gasteiger partial charge in [0.15, 0.2) is 0 Å². The highest BCUT2D eigenvalue weighted by molar-refractivity contribution is 7.79. The molecule has 19 heavy (non-hydrogen) atoms. The first-order chi connectivity index (χ1) is 9.08. The Balaban J connectivity index is 2.29. The molecule has 0 aliphatic rings. The van der Waals surface area contributed by atoms with E-state index in [0.29, 0.717) is 0 Å². The Labute approximate surface area is 110 Å². The number of nitrogens with zero attached hydrogens (tertiary/aromatic N) is 1. The summed E-state index contributed by atoms with van der Waals surface area (Å²) < 4.78 is 34.9. The summed E-state index contributed by atoms with van der Waals surface area (Å²) >= 11 is -2.64. The molecule has 1 amide bonds. The first kappa shape index (κ1) is 13.3. The zero-order chi connectivity index (χ0) is 13.8. The number of carbonyl (C=O) groups excluding carboxylic acids is 1. The van der Waals surface area contributed by atoms with Gasteiger partial charge in [0.1, 0.15) is 5.82 Å². The van der Waals surface area contributed by atoms with Crippen LogP contribution in [0.5, 0.6) is 0 Å². The van der Waals surface area contributed by atoms with Gasteiger partial charge in [-0.2, -0.15) is 0 Å². The van der Waals surface area contributed by atoms with Gasteiger partial charge >= 0.3 is 0 Å². The highest BCUT2D eigenvalue weighted by Crippen LogP contribution is 2.20. The molecule has 1 N–H and O–H groups in total. The smallest absolute Gasteiger partial charge is 0.257 e. The quantitative estimate of drug-likeness (QED) is 0.867. The zero-order valence-electron chi connectivity index (χ0n) is 9.50. The van der Waals surface area contributed by atoms with Gasteiger partial charge in [0.05, 0.1) is 16.1 Å². The number of aromatic nitrogens is 1. The predicted molar refractivity (Wildman–Crippen MR) is 65.8 cm³/mol. The highest BCUT2D eigenvalue weighted by Gasteiger charge is 2.10. The van der Waals surface area contributed by atoms with Crippen molar-refractivity contribution in [1.29, 1.82) is 0 Å². The molecular formula is C12H8FN2O3S-. The van der Waals surface area contributed by atoms with Gasteiger partial charge in [-0.25, -0.2) is 4.39 Å². The molecule has 1 aromatic heterocycles. The van der Waals surface area contributed by atoms with Gasteiger partial charge in [-0.15, -0.1) is 0 Å². The van der Waals surface area contributed by atoms with Crippen LogP contribution in [0.2, 0.25) is 0 Å². The molecule has 0 aliphatic heterocycles. The highest BCUT2D eigenvalue weighted by atomic mass is 32.2. The topological polar surface area (TPSA) is 82.1 Å². The number of benzene rings is 1. The van der Waals surface area contributed by atoms with Crippen molar-refractivity contribution in [2.24, 2.45) is 0 Å². The number of amides is 1. The largest absolute Gasteiger partial charge is 0.768 e. The maximum absolute atomic E-state index is 13.0. The molecule has 0 saturated carbocycles. The van der Waals surface area contributed by atoms with Crippen LogP contribution in [-0.4, -0.2) is 19.7 Å². The van der Waals surface area contributed by atoms with Gasteiger partial charge in [-0.3, -0.25) is 14.0 Å². The normalized spacial score (nSPS) is 11.9. The molecular weight excluding hydrogens is 271 g/mol. The van der Waals surface area contributed by atoms with E-state index >= 15 is 0 Å². The Bertz CT molecular complexity index is 634. The van der Waals surface area contributed by atoms with Crippen molar-refractivity contribution in [3.05, 3.63) is 54.1 Å². The molecule has 5 nitrogen and oxygen atoms in total. The molecule has 0 aliphatic carbocycles. The molecule has 1 atom stereocenters. The van der Waals surface area contributed by atoms with E-state index in [1.165, 1.54) is 24.5 Å². The second-order valence-corrected chi connectivity index (χ2v) is 4.48. The van der Waals surface area contributed by atoms with Crippen molar-refractivity contribution in [3.63, 3.8) is 0 Å². The van der Waals surface area contributed by atoms with E-state index in [1.807, 2.05) is 0 Å². The lowest BCUT2D eigenvalue weighted by Gasteiger charge is -2.13. The summed E-state index contributed by atoms with van der Waals surface area (Å²) in [7, 11) is 0. The number of pyridine rings is 1. The summed E-state index contributed by atoms with van der Waals surface area (Å²) in [6.45, 7) is 0. The van der Waals surface area contributed by atoms with Crippen LogP contribution in [0, 0.1) is 5.82 Å². The van der Waals surface area contributed by atoms with Crippen molar-refractivity contribution in [2.75, 3.05) is 5.32 Å². The molecule has 98 valence electrons. The molecule has 0 bridgehead atoms. The van der Waals surface area contributed by atoms with E-state index in [4.69, 9.17) is 0 Å². The van der Waals surface area contributed by atoms with E-state index in [0.717, 1.165) is 12.1 Å². The van der Waals surface area contributed by atoms with Crippen LogP contribution < -0.4 is 5.32 Å². The summed E-state index contributed by atoms with van der Waals surface area (Å²) in [4.78, 5) is 15.3. The minimum atomic E-state index is -2.64. The summed E-state index contributed by atoms with van der Waals surface area (Å²) in [5.41, 5.74) is 0.290. The van der Waals surface area contributed by atoms with Crippen LogP contribution in [0.3, 0.4) is 0 Å². The number of halogens is 1. The number of nitrogens with one attached hydrogen (secondary N) is 1. The maximum atomic E-state index is 13.0. The standard InChI is InChI=1S/C12H9FN2O3S/c13-9-3-4-10(11(6-9)19(17)18)15-12(16)8-2-1-5-14-7-8/h1-7H,(H,15,16)(H,17,18)/p-1. The lowest BCUT2D eigenvalue weighted by molar-refractivity contribution is 0.102. The number of rotatable bonds is 3. The monoisotopic (exact) mass is 279 g/mol. The van der Waals surface area contributed by atoms with Crippen molar-refractivity contribution in [2.45, 2.75) is 4.90 Å². The maximum Gasteiger partial charge on any atom is 0.257 e. The average Bonchev–Trinajstić information content (AvgIpc) is 2.41. The van der Waals surface area contributed by atoms with Gasteiger partial charge < -0.3 is 9.87 Å². The summed E-state index contributed by atoms with van der Waals surface area (Å²) in [5, 5.41) is 2.40. The Morgan fingerprint density at radius 2 is 2.16 bits per heavy atom. The average molecular weight is 279 g/mol. The van der Waals surface area contributed by atoms with Gasteiger partial charge in [0.25, 0.3) is 5.91 Å². The Morgan fingerprint density at radius 3 is 2.79 bits per heavy atom. The molecule has 0 spiro atoms. The lowest BCUT2D eigenvalue weighted by atomic mass is 10.2. The van der Waals surface area contributed by atoms with E-state index < -0.39 is 22.8 Å². The van der Waals surface area contributed by atoms with Crippen LogP contribution in [0.25, 0.3) is 0 Å². The summed E-state index contributed by atoms with van der Waals surface area (Å²) in [6.07, 6.45) is 2.85. The van der Waals surface area contributed by atoms with Crippen molar-refractivity contribution < 1.29 is 17.9 Å². The minimum absolute atomic E-state index is 0.0172. The van der Waals surface area contributed by atoms with Gasteiger partial charge in [-0.05, 0) is 41.4 Å². The summed E-state index contributed by atoms with van der Waals surface area (Å²) in [5.74, 6) is -1.22. The van der Waals surface area contributed by atoms with Crippen molar-refractivity contribution >= 4 is 22.7 Å². The molecule has 2 rings (SSSR count). The first-order valence-electron chi connectivity index (χ1n) is 5.18. The number of hydrogen-bond acceptors (Lipinski definition) is 4. The first-order valence-corrected chi connectivity index (χ1v) is 6.25. The predicted octanol–water partition coefficient (Wildman–Crippen LogP) is 1.71. The molecule has 0 radical (unpaired) electrons. The third-order valence-corrected chi connectivity index (χ3v) is 2.99. The molecule has 1 aromatic carbocycles. The fourth-order valence-electron chi connectivity index (χ4n) is 1.43. The van der Waals surface area contributed by atoms with E-state index in [1.54, 1.807) is 6.07 Å². The van der Waals surface area contributed by atoms with Crippen molar-refractivity contribution in [1.82, 2.24) is 4.98 Å². The van der Waals surface area contributed by atoms with E-state index in [2.05, 4.69) is 10.3 Å². The van der Waals surface area contributed by atoms with Gasteiger partial charge in [0, 0.05) is 12.4 Å². The molecule has 2 aromatic rings. The van der Waals surface area contributed by atoms with Crippen LogP contribution in [-0.2, 0) is 11.1 Å². The summed E-state index contributed by atoms with van der Waals surface area (Å²) in [6, 6.07) is 6.19. The third-order valence-electron chi connectivity index (χ3n) is 2.30. The molecule has 0 saturated heterocycles. The van der Waals surface area contributed by atoms with Crippen LogP contribution in [0.4, 0.5) is 10.1 Å². The minimum Gasteiger partial charge on any atom is -0.768 e. The lowest BCUT2D eigenvalue weighted by Crippen LogP contribution is -2.14. The van der Waals surface area contributed by atoms with Crippen LogP contribution in [0.1, 0.15) is 10.4 Å². The molecule has 1 unspecified atom stereocenters. The Morgan fingerprint density at radius 1 is 1.37 bits per heavy atom. The number of anilines is 1. The second-order valence-electron chi connectivity index (χ2n) is 3.57. The molecule has 1 heterocycles. The van der Waals surface area contributed by atoms with Crippen molar-refractivity contribution in [3.8, 4) is 0 Å². The SMILES string of the molecule is O=C(Nc1ccc(F)cc1S(=O)[O-])c1cccnc1. The number of carbonyl (C=O) groups is 1. The Hall–Kier alpha value is -2.12. The number of hydrogen-bond donors (Lipinski definition) is 1. The molecule has 7 heteroatoms. The van der Waals surface area contributed by atoms with E-state index in [-0.39, 0.29) is 16.1 Å². The van der Waals surface area contributed by atoms with Crippen LogP contribution in [0.15, 0.2) is 47.6 Å². The van der Waals surface area contributed by atoms with Gasteiger partial charge in [0.2, 0.25) is 0 Å².